The van der Waals surface area contributed by atoms with Crippen molar-refractivity contribution in [3.63, 3.8) is 0 Å². The van der Waals surface area contributed by atoms with Crippen LogP contribution < -0.4 is 5.32 Å². The molecule has 0 saturated carbocycles. The lowest BCUT2D eigenvalue weighted by Gasteiger charge is -2.05. The number of nitrogens with one attached hydrogen (secondary N) is 1. The van der Waals surface area contributed by atoms with Gasteiger partial charge in [-0.3, -0.25) is 4.79 Å². The van der Waals surface area contributed by atoms with Gasteiger partial charge in [-0.15, -0.1) is 0 Å². The summed E-state index contributed by atoms with van der Waals surface area (Å²) in [5.41, 5.74) is 2.90. The van der Waals surface area contributed by atoms with Gasteiger partial charge in [0.05, 0.1) is 5.69 Å². The molecule has 0 saturated heterocycles. The lowest BCUT2D eigenvalue weighted by atomic mass is 10.1. The summed E-state index contributed by atoms with van der Waals surface area (Å²) in [6.07, 6.45) is 1.07. The molecule has 0 unspecified atom stereocenters. The van der Waals surface area contributed by atoms with Gasteiger partial charge in [-0.25, -0.2) is 0 Å². The second-order valence-electron chi connectivity index (χ2n) is 4.71. The summed E-state index contributed by atoms with van der Waals surface area (Å²) in [6, 6.07) is 7.42. The van der Waals surface area contributed by atoms with Gasteiger partial charge < -0.3 is 9.84 Å². The molecule has 0 spiro atoms. The highest BCUT2D eigenvalue weighted by Gasteiger charge is 2.10. The predicted molar refractivity (Wildman–Crippen MR) is 77.6 cm³/mol. The molecule has 0 atom stereocenters. The Bertz CT molecular complexity index is 571. The molecule has 0 aliphatic carbocycles. The van der Waals surface area contributed by atoms with Crippen molar-refractivity contribution in [2.45, 2.75) is 33.2 Å². The Hall–Kier alpha value is -1.81. The minimum absolute atomic E-state index is 0.0138. The van der Waals surface area contributed by atoms with E-state index < -0.39 is 0 Å². The average Bonchev–Trinajstić information content (AvgIpc) is 2.75. The van der Waals surface area contributed by atoms with Gasteiger partial charge in [0.15, 0.2) is 0 Å². The number of aromatic nitrogens is 1. The van der Waals surface area contributed by atoms with Crippen molar-refractivity contribution >= 4 is 17.5 Å². The van der Waals surface area contributed by atoms with Crippen molar-refractivity contribution in [3.05, 3.63) is 51.9 Å². The maximum absolute atomic E-state index is 11.8. The van der Waals surface area contributed by atoms with Gasteiger partial charge in [-0.2, -0.15) is 0 Å². The minimum atomic E-state index is 0.0138. The van der Waals surface area contributed by atoms with Crippen molar-refractivity contribution in [1.29, 1.82) is 0 Å². The van der Waals surface area contributed by atoms with Crippen LogP contribution >= 0.6 is 11.6 Å². The fourth-order valence-corrected chi connectivity index (χ4v) is 2.11. The van der Waals surface area contributed by atoms with Gasteiger partial charge in [0, 0.05) is 23.6 Å². The van der Waals surface area contributed by atoms with Crippen LogP contribution in [0.3, 0.4) is 0 Å². The van der Waals surface area contributed by atoms with Gasteiger partial charge in [-0.1, -0.05) is 28.9 Å². The van der Waals surface area contributed by atoms with Crippen molar-refractivity contribution < 1.29 is 9.32 Å². The molecule has 20 heavy (non-hydrogen) atoms. The molecule has 106 valence electrons. The highest BCUT2D eigenvalue weighted by atomic mass is 35.5. The quantitative estimate of drug-likeness (QED) is 0.921. The average molecular weight is 293 g/mol. The Labute approximate surface area is 123 Å². The third kappa shape index (κ3) is 3.84. The van der Waals surface area contributed by atoms with Crippen LogP contribution in [0, 0.1) is 13.8 Å². The Balaban J connectivity index is 1.80. The van der Waals surface area contributed by atoms with Crippen LogP contribution in [0.5, 0.6) is 0 Å². The predicted octanol–water partition coefficient (Wildman–Crippen LogP) is 3.19. The number of carbonyl (C=O) groups excluding carboxylic acids is 1. The molecule has 0 aliphatic rings. The van der Waals surface area contributed by atoms with Gasteiger partial charge in [0.2, 0.25) is 5.91 Å². The topological polar surface area (TPSA) is 55.1 Å². The fourth-order valence-electron chi connectivity index (χ4n) is 1.99. The molecule has 0 aliphatic heterocycles. The number of halogens is 1. The van der Waals surface area contributed by atoms with E-state index in [9.17, 15) is 4.79 Å². The Kier molecular flexibility index (Phi) is 4.79. The first-order valence-electron chi connectivity index (χ1n) is 6.49. The first-order valence-corrected chi connectivity index (χ1v) is 6.87. The SMILES string of the molecule is Cc1noc(C)c1CCC(=O)NCc1ccc(Cl)cc1. The number of nitrogens with zero attached hydrogens (tertiary/aromatic N) is 1. The van der Waals surface area contributed by atoms with Crippen LogP contribution in [0.4, 0.5) is 0 Å². The van der Waals surface area contributed by atoms with E-state index in [0.29, 0.717) is 24.4 Å². The first-order chi connectivity index (χ1) is 9.56. The van der Waals surface area contributed by atoms with Crippen molar-refractivity contribution in [2.24, 2.45) is 0 Å². The second-order valence-corrected chi connectivity index (χ2v) is 5.14. The summed E-state index contributed by atoms with van der Waals surface area (Å²) in [5.74, 6) is 0.799. The molecule has 2 rings (SSSR count). The molecule has 4 nitrogen and oxygen atoms in total. The summed E-state index contributed by atoms with van der Waals surface area (Å²) >= 11 is 5.81. The number of rotatable bonds is 5. The second kappa shape index (κ2) is 6.57. The van der Waals surface area contributed by atoms with E-state index in [2.05, 4.69) is 10.5 Å². The smallest absolute Gasteiger partial charge is 0.220 e. The zero-order valence-corrected chi connectivity index (χ0v) is 12.3. The standard InChI is InChI=1S/C15H17ClN2O2/c1-10-14(11(2)20-18-10)7-8-15(19)17-9-12-3-5-13(16)6-4-12/h3-6H,7-9H2,1-2H3,(H,17,19). The van der Waals surface area contributed by atoms with Crippen LogP contribution in [-0.4, -0.2) is 11.1 Å². The molecule has 1 N–H and O–H groups in total. The molecule has 0 radical (unpaired) electrons. The summed E-state index contributed by atoms with van der Waals surface area (Å²) in [5, 5.41) is 7.46. The van der Waals surface area contributed by atoms with Crippen LogP contribution in [0.1, 0.15) is 29.0 Å². The number of carbonyl (C=O) groups is 1. The van der Waals surface area contributed by atoms with Crippen LogP contribution in [0.2, 0.25) is 5.02 Å². The van der Waals surface area contributed by atoms with Crippen molar-refractivity contribution in [3.8, 4) is 0 Å². The monoisotopic (exact) mass is 292 g/mol. The van der Waals surface area contributed by atoms with Crippen LogP contribution in [-0.2, 0) is 17.8 Å². The summed E-state index contributed by atoms with van der Waals surface area (Å²) < 4.78 is 5.07. The molecule has 5 heteroatoms. The third-order valence-electron chi connectivity index (χ3n) is 3.19. The van der Waals surface area contributed by atoms with E-state index in [1.165, 1.54) is 0 Å². The Morgan fingerprint density at radius 2 is 2.00 bits per heavy atom. The summed E-state index contributed by atoms with van der Waals surface area (Å²) in [6.45, 7) is 4.26. The van der Waals surface area contributed by atoms with Gasteiger partial charge in [0.1, 0.15) is 5.76 Å². The van der Waals surface area contributed by atoms with E-state index in [0.717, 1.165) is 22.6 Å². The maximum atomic E-state index is 11.8. The number of hydrogen-bond acceptors (Lipinski definition) is 3. The molecule has 0 fully saturated rings. The third-order valence-corrected chi connectivity index (χ3v) is 3.44. The summed E-state index contributed by atoms with van der Waals surface area (Å²) in [4.78, 5) is 11.8. The molecular weight excluding hydrogens is 276 g/mol. The molecule has 1 aromatic carbocycles. The molecule has 2 aromatic rings. The van der Waals surface area contributed by atoms with Crippen molar-refractivity contribution in [1.82, 2.24) is 10.5 Å². The zero-order chi connectivity index (χ0) is 14.5. The minimum Gasteiger partial charge on any atom is -0.361 e. The number of amides is 1. The lowest BCUT2D eigenvalue weighted by Crippen LogP contribution is -2.23. The fraction of sp³-hybridized carbons (Fsp3) is 0.333. The lowest BCUT2D eigenvalue weighted by molar-refractivity contribution is -0.121. The van der Waals surface area contributed by atoms with E-state index in [1.54, 1.807) is 0 Å². The Morgan fingerprint density at radius 1 is 1.30 bits per heavy atom. The van der Waals surface area contributed by atoms with Crippen LogP contribution in [0.15, 0.2) is 28.8 Å². The van der Waals surface area contributed by atoms with E-state index >= 15 is 0 Å². The molecule has 1 heterocycles. The van der Waals surface area contributed by atoms with Gasteiger partial charge in [0.25, 0.3) is 0 Å². The van der Waals surface area contributed by atoms with Crippen LogP contribution in [0.25, 0.3) is 0 Å². The normalized spacial score (nSPS) is 10.6. The van der Waals surface area contributed by atoms with Gasteiger partial charge >= 0.3 is 0 Å². The van der Waals surface area contributed by atoms with E-state index in [-0.39, 0.29) is 5.91 Å². The number of hydrogen-bond donors (Lipinski definition) is 1. The zero-order valence-electron chi connectivity index (χ0n) is 11.6. The molecular formula is C15H17ClN2O2. The Morgan fingerprint density at radius 3 is 2.60 bits per heavy atom. The first kappa shape index (κ1) is 14.6. The number of benzene rings is 1. The molecule has 1 aromatic heterocycles. The van der Waals surface area contributed by atoms with E-state index in [4.69, 9.17) is 16.1 Å². The van der Waals surface area contributed by atoms with Gasteiger partial charge in [-0.05, 0) is 38.0 Å². The molecule has 1 amide bonds. The number of aryl methyl sites for hydroxylation is 2. The maximum Gasteiger partial charge on any atom is 0.220 e. The van der Waals surface area contributed by atoms with Crippen molar-refractivity contribution in [2.75, 3.05) is 0 Å². The highest BCUT2D eigenvalue weighted by Crippen LogP contribution is 2.14. The highest BCUT2D eigenvalue weighted by molar-refractivity contribution is 6.30. The van der Waals surface area contributed by atoms with E-state index in [1.807, 2.05) is 38.1 Å². The molecule has 0 bridgehead atoms. The largest absolute Gasteiger partial charge is 0.361 e. The summed E-state index contributed by atoms with van der Waals surface area (Å²) in [7, 11) is 0.